The molecule has 1 saturated carbocycles. The highest BCUT2D eigenvalue weighted by Crippen LogP contribution is 2.41. The van der Waals surface area contributed by atoms with Crippen LogP contribution < -0.4 is 5.32 Å². The summed E-state index contributed by atoms with van der Waals surface area (Å²) < 4.78 is 0. The van der Waals surface area contributed by atoms with Gasteiger partial charge in [0.05, 0.1) is 0 Å². The molecule has 2 atom stereocenters. The number of hydrogen-bond acceptors (Lipinski definition) is 1. The number of benzene rings is 1. The summed E-state index contributed by atoms with van der Waals surface area (Å²) in [4.78, 5) is 0. The van der Waals surface area contributed by atoms with E-state index in [4.69, 9.17) is 11.6 Å². The Morgan fingerprint density at radius 2 is 1.89 bits per heavy atom. The van der Waals surface area contributed by atoms with Crippen LogP contribution in [0, 0.1) is 11.8 Å². The molecule has 2 aliphatic rings. The highest BCUT2D eigenvalue weighted by Gasteiger charge is 2.33. The zero-order valence-electron chi connectivity index (χ0n) is 11.6. The predicted molar refractivity (Wildman–Crippen MR) is 81.7 cm³/mol. The molecule has 19 heavy (non-hydrogen) atoms. The summed E-state index contributed by atoms with van der Waals surface area (Å²) in [6.07, 6.45) is 8.56. The SMILES string of the molecule is Clc1cccc(C2CNCCC2C2CCCCC2)c1. The van der Waals surface area contributed by atoms with Crippen molar-refractivity contribution in [3.05, 3.63) is 34.9 Å². The fraction of sp³-hybridized carbons (Fsp3) is 0.647. The van der Waals surface area contributed by atoms with Gasteiger partial charge in [-0.1, -0.05) is 55.8 Å². The smallest absolute Gasteiger partial charge is 0.0408 e. The monoisotopic (exact) mass is 277 g/mol. The molecule has 0 radical (unpaired) electrons. The van der Waals surface area contributed by atoms with Gasteiger partial charge in [0.2, 0.25) is 0 Å². The topological polar surface area (TPSA) is 12.0 Å². The van der Waals surface area contributed by atoms with Crippen molar-refractivity contribution in [1.82, 2.24) is 5.32 Å². The molecule has 1 aromatic carbocycles. The summed E-state index contributed by atoms with van der Waals surface area (Å²) in [6, 6.07) is 8.52. The first-order valence-corrected chi connectivity index (χ1v) is 8.18. The Bertz CT molecular complexity index is 411. The lowest BCUT2D eigenvalue weighted by atomic mass is 9.69. The highest BCUT2D eigenvalue weighted by molar-refractivity contribution is 6.30. The molecular formula is C17H24ClN. The van der Waals surface area contributed by atoms with Crippen molar-refractivity contribution in [2.45, 2.75) is 44.4 Å². The van der Waals surface area contributed by atoms with Gasteiger partial charge < -0.3 is 5.32 Å². The van der Waals surface area contributed by atoms with Crippen molar-refractivity contribution in [3.8, 4) is 0 Å². The van der Waals surface area contributed by atoms with Crippen LogP contribution in [0.4, 0.5) is 0 Å². The van der Waals surface area contributed by atoms with Crippen molar-refractivity contribution < 1.29 is 0 Å². The second-order valence-corrected chi connectivity index (χ2v) is 6.65. The minimum absolute atomic E-state index is 0.663. The molecule has 1 nitrogen and oxygen atoms in total. The van der Waals surface area contributed by atoms with E-state index in [0.29, 0.717) is 5.92 Å². The van der Waals surface area contributed by atoms with E-state index in [9.17, 15) is 0 Å². The average molecular weight is 278 g/mol. The molecule has 1 aliphatic carbocycles. The van der Waals surface area contributed by atoms with E-state index in [1.165, 1.54) is 50.6 Å². The van der Waals surface area contributed by atoms with E-state index in [1.54, 1.807) is 0 Å². The maximum atomic E-state index is 6.18. The number of piperidine rings is 1. The average Bonchev–Trinajstić information content (AvgIpc) is 2.48. The maximum Gasteiger partial charge on any atom is 0.0408 e. The van der Waals surface area contributed by atoms with Gasteiger partial charge in [-0.25, -0.2) is 0 Å². The van der Waals surface area contributed by atoms with E-state index in [-0.39, 0.29) is 0 Å². The third kappa shape index (κ3) is 3.14. The number of rotatable bonds is 2. The molecule has 0 aromatic heterocycles. The quantitative estimate of drug-likeness (QED) is 0.832. The van der Waals surface area contributed by atoms with Gasteiger partial charge in [0, 0.05) is 11.6 Å². The summed E-state index contributed by atoms with van der Waals surface area (Å²) in [7, 11) is 0. The maximum absolute atomic E-state index is 6.18. The Labute approximate surface area is 121 Å². The van der Waals surface area contributed by atoms with Crippen LogP contribution in [-0.4, -0.2) is 13.1 Å². The number of halogens is 1. The lowest BCUT2D eigenvalue weighted by Gasteiger charge is -2.39. The summed E-state index contributed by atoms with van der Waals surface area (Å²) >= 11 is 6.18. The molecule has 1 aromatic rings. The van der Waals surface area contributed by atoms with Crippen LogP contribution in [0.3, 0.4) is 0 Å². The van der Waals surface area contributed by atoms with Crippen LogP contribution in [-0.2, 0) is 0 Å². The van der Waals surface area contributed by atoms with E-state index in [0.717, 1.165) is 23.4 Å². The van der Waals surface area contributed by atoms with E-state index in [1.807, 2.05) is 6.07 Å². The fourth-order valence-electron chi connectivity index (χ4n) is 4.11. The van der Waals surface area contributed by atoms with E-state index < -0.39 is 0 Å². The third-order valence-electron chi connectivity index (χ3n) is 5.07. The van der Waals surface area contributed by atoms with Crippen LogP contribution in [0.15, 0.2) is 24.3 Å². The molecule has 2 unspecified atom stereocenters. The summed E-state index contributed by atoms with van der Waals surface area (Å²) in [5, 5.41) is 4.46. The molecule has 2 fully saturated rings. The van der Waals surface area contributed by atoms with Crippen LogP contribution in [0.5, 0.6) is 0 Å². The predicted octanol–water partition coefficient (Wildman–Crippen LogP) is 4.61. The lowest BCUT2D eigenvalue weighted by molar-refractivity contribution is 0.178. The van der Waals surface area contributed by atoms with Gasteiger partial charge in [-0.15, -0.1) is 0 Å². The van der Waals surface area contributed by atoms with Gasteiger partial charge in [0.25, 0.3) is 0 Å². The van der Waals surface area contributed by atoms with Crippen LogP contribution in [0.1, 0.15) is 50.0 Å². The van der Waals surface area contributed by atoms with Gasteiger partial charge in [0.15, 0.2) is 0 Å². The van der Waals surface area contributed by atoms with Crippen LogP contribution in [0.25, 0.3) is 0 Å². The highest BCUT2D eigenvalue weighted by atomic mass is 35.5. The fourth-order valence-corrected chi connectivity index (χ4v) is 4.31. The first kappa shape index (κ1) is 13.5. The lowest BCUT2D eigenvalue weighted by Crippen LogP contribution is -2.39. The molecule has 1 aliphatic heterocycles. The Kier molecular flexibility index (Phi) is 4.45. The third-order valence-corrected chi connectivity index (χ3v) is 5.30. The molecule has 104 valence electrons. The molecule has 2 heteroatoms. The molecule has 0 spiro atoms. The van der Waals surface area contributed by atoms with E-state index >= 15 is 0 Å². The number of hydrogen-bond donors (Lipinski definition) is 1. The molecule has 1 N–H and O–H groups in total. The minimum atomic E-state index is 0.663. The normalized spacial score (nSPS) is 29.3. The Morgan fingerprint density at radius 1 is 1.05 bits per heavy atom. The van der Waals surface area contributed by atoms with Gasteiger partial charge in [0.1, 0.15) is 0 Å². The van der Waals surface area contributed by atoms with Gasteiger partial charge >= 0.3 is 0 Å². The van der Waals surface area contributed by atoms with Gasteiger partial charge in [-0.05, 0) is 48.4 Å². The second kappa shape index (κ2) is 6.28. The largest absolute Gasteiger partial charge is 0.316 e. The minimum Gasteiger partial charge on any atom is -0.316 e. The Hall–Kier alpha value is -0.530. The standard InChI is InChI=1S/C17H24ClN/c18-15-8-4-7-14(11-15)17-12-19-10-9-16(17)13-5-2-1-3-6-13/h4,7-8,11,13,16-17,19H,1-3,5-6,9-10,12H2. The van der Waals surface area contributed by atoms with E-state index in [2.05, 4.69) is 23.5 Å². The van der Waals surface area contributed by atoms with Crippen molar-refractivity contribution in [3.63, 3.8) is 0 Å². The molecule has 1 heterocycles. The summed E-state index contributed by atoms with van der Waals surface area (Å²) in [5.41, 5.74) is 1.44. The molecular weight excluding hydrogens is 254 g/mol. The van der Waals surface area contributed by atoms with Crippen LogP contribution >= 0.6 is 11.6 Å². The van der Waals surface area contributed by atoms with Crippen molar-refractivity contribution in [1.29, 1.82) is 0 Å². The van der Waals surface area contributed by atoms with Crippen molar-refractivity contribution in [2.75, 3.05) is 13.1 Å². The van der Waals surface area contributed by atoms with Gasteiger partial charge in [-0.3, -0.25) is 0 Å². The van der Waals surface area contributed by atoms with Crippen molar-refractivity contribution >= 4 is 11.6 Å². The first-order chi connectivity index (χ1) is 9.34. The molecule has 1 saturated heterocycles. The zero-order valence-corrected chi connectivity index (χ0v) is 12.3. The summed E-state index contributed by atoms with van der Waals surface area (Å²) in [6.45, 7) is 2.32. The van der Waals surface area contributed by atoms with Crippen molar-refractivity contribution in [2.24, 2.45) is 11.8 Å². The zero-order chi connectivity index (χ0) is 13.1. The second-order valence-electron chi connectivity index (χ2n) is 6.22. The first-order valence-electron chi connectivity index (χ1n) is 7.81. The molecule has 0 bridgehead atoms. The molecule has 0 amide bonds. The van der Waals surface area contributed by atoms with Gasteiger partial charge in [-0.2, -0.15) is 0 Å². The number of nitrogens with one attached hydrogen (secondary N) is 1. The Morgan fingerprint density at radius 3 is 2.68 bits per heavy atom. The van der Waals surface area contributed by atoms with Crippen LogP contribution in [0.2, 0.25) is 5.02 Å². The Balaban J connectivity index is 1.80. The molecule has 3 rings (SSSR count). The summed E-state index contributed by atoms with van der Waals surface area (Å²) in [5.74, 6) is 2.47.